The highest BCUT2D eigenvalue weighted by atomic mass is 35.5. The summed E-state index contributed by atoms with van der Waals surface area (Å²) in [5.74, 6) is -0.290. The monoisotopic (exact) mass is 414 g/mol. The van der Waals surface area contributed by atoms with Crippen molar-refractivity contribution in [1.82, 2.24) is 0 Å². The summed E-state index contributed by atoms with van der Waals surface area (Å²) in [4.78, 5) is 12.6. The molecule has 0 saturated carbocycles. The zero-order chi connectivity index (χ0) is 20.3. The second-order valence-electron chi connectivity index (χ2n) is 6.34. The Hall–Kier alpha value is -2.83. The highest BCUT2D eigenvalue weighted by Gasteiger charge is 2.16. The number of hydrogen-bond donors (Lipinski definition) is 2. The second-order valence-corrected chi connectivity index (χ2v) is 8.46. The minimum atomic E-state index is -3.81. The van der Waals surface area contributed by atoms with Gasteiger partial charge < -0.3 is 5.32 Å². The quantitative estimate of drug-likeness (QED) is 0.616. The SMILES string of the molecule is Cc1cccc(C(=O)Nc2cccc(S(=O)(=O)Nc3ccc(Cl)cc3)c2)c1C. The molecule has 3 rings (SSSR count). The van der Waals surface area contributed by atoms with E-state index >= 15 is 0 Å². The van der Waals surface area contributed by atoms with Crippen molar-refractivity contribution in [2.24, 2.45) is 0 Å². The second kappa shape index (κ2) is 8.04. The Kier molecular flexibility index (Phi) is 5.72. The largest absolute Gasteiger partial charge is 0.322 e. The van der Waals surface area contributed by atoms with Crippen LogP contribution in [0.3, 0.4) is 0 Å². The number of carbonyl (C=O) groups excluding carboxylic acids is 1. The number of anilines is 2. The molecule has 0 aliphatic carbocycles. The van der Waals surface area contributed by atoms with E-state index in [-0.39, 0.29) is 10.8 Å². The summed E-state index contributed by atoms with van der Waals surface area (Å²) in [6.45, 7) is 3.81. The van der Waals surface area contributed by atoms with Gasteiger partial charge in [0.2, 0.25) is 0 Å². The minimum Gasteiger partial charge on any atom is -0.322 e. The van der Waals surface area contributed by atoms with Crippen molar-refractivity contribution in [1.29, 1.82) is 0 Å². The predicted octanol–water partition coefficient (Wildman–Crippen LogP) is 5.01. The number of nitrogens with one attached hydrogen (secondary N) is 2. The standard InChI is InChI=1S/C21H19ClN2O3S/c1-14-5-3-8-20(15(14)2)21(25)23-18-6-4-7-19(13-18)28(26,27)24-17-11-9-16(22)10-12-17/h3-13,24H,1-2H3,(H,23,25). The Morgan fingerprint density at radius 3 is 2.29 bits per heavy atom. The zero-order valence-corrected chi connectivity index (χ0v) is 16.9. The third-order valence-electron chi connectivity index (χ3n) is 4.35. The van der Waals surface area contributed by atoms with Crippen LogP contribution in [-0.4, -0.2) is 14.3 Å². The van der Waals surface area contributed by atoms with E-state index in [0.717, 1.165) is 11.1 Å². The average molecular weight is 415 g/mol. The Morgan fingerprint density at radius 1 is 0.893 bits per heavy atom. The summed E-state index contributed by atoms with van der Waals surface area (Å²) < 4.78 is 27.8. The van der Waals surface area contributed by atoms with Crippen LogP contribution in [-0.2, 0) is 10.0 Å². The van der Waals surface area contributed by atoms with Crippen LogP contribution in [0.2, 0.25) is 5.02 Å². The molecular weight excluding hydrogens is 396 g/mol. The van der Waals surface area contributed by atoms with Gasteiger partial charge >= 0.3 is 0 Å². The van der Waals surface area contributed by atoms with Crippen LogP contribution in [0.1, 0.15) is 21.5 Å². The van der Waals surface area contributed by atoms with E-state index in [1.165, 1.54) is 12.1 Å². The number of rotatable bonds is 5. The topological polar surface area (TPSA) is 75.3 Å². The van der Waals surface area contributed by atoms with Crippen LogP contribution in [0.5, 0.6) is 0 Å². The number of hydrogen-bond acceptors (Lipinski definition) is 3. The first-order valence-corrected chi connectivity index (χ1v) is 10.4. The van der Waals surface area contributed by atoms with Crippen molar-refractivity contribution < 1.29 is 13.2 Å². The van der Waals surface area contributed by atoms with Gasteiger partial charge in [-0.3, -0.25) is 9.52 Å². The van der Waals surface area contributed by atoms with Crippen LogP contribution < -0.4 is 10.0 Å². The van der Waals surface area contributed by atoms with E-state index in [1.807, 2.05) is 26.0 Å². The first-order chi connectivity index (χ1) is 13.3. The van der Waals surface area contributed by atoms with Crippen molar-refractivity contribution >= 4 is 38.9 Å². The van der Waals surface area contributed by atoms with Gasteiger partial charge in [-0.05, 0) is 73.5 Å². The van der Waals surface area contributed by atoms with Gasteiger partial charge in [0.15, 0.2) is 0 Å². The summed E-state index contributed by atoms with van der Waals surface area (Å²) in [7, 11) is -3.81. The van der Waals surface area contributed by atoms with Crippen LogP contribution >= 0.6 is 11.6 Å². The van der Waals surface area contributed by atoms with Gasteiger partial charge in [-0.1, -0.05) is 29.8 Å². The molecule has 3 aromatic carbocycles. The van der Waals surface area contributed by atoms with E-state index in [2.05, 4.69) is 10.0 Å². The van der Waals surface area contributed by atoms with Crippen molar-refractivity contribution in [3.05, 3.63) is 88.4 Å². The van der Waals surface area contributed by atoms with Gasteiger partial charge in [0.05, 0.1) is 4.90 Å². The van der Waals surface area contributed by atoms with Crippen LogP contribution in [0.15, 0.2) is 71.6 Å². The van der Waals surface area contributed by atoms with Gasteiger partial charge in [0.1, 0.15) is 0 Å². The first-order valence-electron chi connectivity index (χ1n) is 8.52. The molecule has 0 aromatic heterocycles. The van der Waals surface area contributed by atoms with E-state index in [9.17, 15) is 13.2 Å². The molecule has 0 saturated heterocycles. The number of benzene rings is 3. The molecule has 144 valence electrons. The highest BCUT2D eigenvalue weighted by molar-refractivity contribution is 7.92. The van der Waals surface area contributed by atoms with E-state index in [4.69, 9.17) is 11.6 Å². The molecule has 3 aromatic rings. The van der Waals surface area contributed by atoms with Crippen molar-refractivity contribution in [3.8, 4) is 0 Å². The van der Waals surface area contributed by atoms with Gasteiger partial charge in [-0.15, -0.1) is 0 Å². The number of amides is 1. The van der Waals surface area contributed by atoms with Gasteiger partial charge in [0, 0.05) is 22.0 Å². The number of aryl methyl sites for hydroxylation is 1. The fraction of sp³-hybridized carbons (Fsp3) is 0.0952. The lowest BCUT2D eigenvalue weighted by molar-refractivity contribution is 0.102. The minimum absolute atomic E-state index is 0.0428. The van der Waals surface area contributed by atoms with Crippen molar-refractivity contribution in [3.63, 3.8) is 0 Å². The molecule has 0 aliphatic heterocycles. The summed E-state index contributed by atoms with van der Waals surface area (Å²) >= 11 is 5.82. The molecule has 0 aliphatic rings. The molecule has 2 N–H and O–H groups in total. The molecule has 0 radical (unpaired) electrons. The predicted molar refractivity (Wildman–Crippen MR) is 113 cm³/mol. The Morgan fingerprint density at radius 2 is 1.57 bits per heavy atom. The summed E-state index contributed by atoms with van der Waals surface area (Å²) in [6.07, 6.45) is 0. The van der Waals surface area contributed by atoms with Crippen molar-refractivity contribution in [2.75, 3.05) is 10.0 Å². The average Bonchev–Trinajstić information content (AvgIpc) is 2.66. The number of halogens is 1. The molecule has 28 heavy (non-hydrogen) atoms. The van der Waals surface area contributed by atoms with Gasteiger partial charge in [-0.2, -0.15) is 0 Å². The Bertz CT molecular complexity index is 1130. The molecule has 0 spiro atoms. The van der Waals surface area contributed by atoms with Crippen LogP contribution in [0, 0.1) is 13.8 Å². The van der Waals surface area contributed by atoms with E-state index < -0.39 is 10.0 Å². The maximum atomic E-state index is 12.6. The van der Waals surface area contributed by atoms with Gasteiger partial charge in [0.25, 0.3) is 15.9 Å². The molecule has 1 amide bonds. The molecule has 0 atom stereocenters. The lowest BCUT2D eigenvalue weighted by atomic mass is 10.0. The highest BCUT2D eigenvalue weighted by Crippen LogP contribution is 2.22. The molecule has 5 nitrogen and oxygen atoms in total. The third kappa shape index (κ3) is 4.52. The fourth-order valence-corrected chi connectivity index (χ4v) is 3.90. The molecule has 0 fully saturated rings. The van der Waals surface area contributed by atoms with Gasteiger partial charge in [-0.25, -0.2) is 8.42 Å². The van der Waals surface area contributed by atoms with Crippen LogP contribution in [0.4, 0.5) is 11.4 Å². The van der Waals surface area contributed by atoms with Crippen LogP contribution in [0.25, 0.3) is 0 Å². The normalized spacial score (nSPS) is 11.1. The van der Waals surface area contributed by atoms with Crippen molar-refractivity contribution in [2.45, 2.75) is 18.7 Å². The Balaban J connectivity index is 1.82. The first kappa shape index (κ1) is 19.9. The summed E-state index contributed by atoms with van der Waals surface area (Å²) in [6, 6.07) is 17.9. The molecule has 0 heterocycles. The molecule has 0 unspecified atom stereocenters. The Labute approximate surface area is 169 Å². The molecule has 0 bridgehead atoms. The fourth-order valence-electron chi connectivity index (χ4n) is 2.67. The smallest absolute Gasteiger partial charge is 0.261 e. The maximum Gasteiger partial charge on any atom is 0.261 e. The zero-order valence-electron chi connectivity index (χ0n) is 15.4. The molecule has 7 heteroatoms. The molecular formula is C21H19ClN2O3S. The lowest BCUT2D eigenvalue weighted by Gasteiger charge is -2.12. The van der Waals surface area contributed by atoms with E-state index in [0.29, 0.717) is 22.0 Å². The number of carbonyl (C=O) groups is 1. The maximum absolute atomic E-state index is 12.6. The summed E-state index contributed by atoms with van der Waals surface area (Å²) in [5.41, 5.74) is 3.23. The summed E-state index contributed by atoms with van der Waals surface area (Å²) in [5, 5.41) is 3.27. The lowest BCUT2D eigenvalue weighted by Crippen LogP contribution is -2.16. The van der Waals surface area contributed by atoms with E-state index in [1.54, 1.807) is 42.5 Å². The number of sulfonamides is 1. The third-order valence-corrected chi connectivity index (χ3v) is 5.98.